The number of aryl methyl sites for hydroxylation is 1. The fraction of sp³-hybridized carbons (Fsp3) is 0.545. The first-order valence-electron chi connectivity index (χ1n) is 10.8. The Kier molecular flexibility index (Phi) is 7.27. The molecule has 0 radical (unpaired) electrons. The topological polar surface area (TPSA) is 102 Å². The molecule has 9 heteroatoms. The second-order valence-electron chi connectivity index (χ2n) is 8.29. The number of piperazine rings is 1. The summed E-state index contributed by atoms with van der Waals surface area (Å²) in [7, 11) is 0. The van der Waals surface area contributed by atoms with E-state index in [0.717, 1.165) is 17.9 Å². The van der Waals surface area contributed by atoms with Crippen LogP contribution < -0.4 is 10.7 Å². The van der Waals surface area contributed by atoms with Crippen LogP contribution >= 0.6 is 0 Å². The number of imide groups is 1. The van der Waals surface area contributed by atoms with Gasteiger partial charge in [-0.15, -0.1) is 0 Å². The number of benzene rings is 1. The van der Waals surface area contributed by atoms with Crippen molar-refractivity contribution in [3.05, 3.63) is 35.9 Å². The molecule has 1 atom stereocenters. The number of hydrogen-bond acceptors (Lipinski definition) is 5. The second kappa shape index (κ2) is 9.91. The maximum absolute atomic E-state index is 12.4. The molecule has 1 aromatic rings. The van der Waals surface area contributed by atoms with Gasteiger partial charge < -0.3 is 10.2 Å². The standard InChI is InChI=1S/C22H31N5O4/c1-3-22(2)20(30)27(21(31)23-22)24-18(28)16-25-12-14-26(15-13-25)19(29)11-7-10-17-8-5-4-6-9-17/h4-6,8-9H,3,7,10-16H2,1-2H3,(H,23,31)(H,24,28). The number of nitrogens with one attached hydrogen (secondary N) is 2. The van der Waals surface area contributed by atoms with E-state index in [0.29, 0.717) is 39.0 Å². The highest BCUT2D eigenvalue weighted by Crippen LogP contribution is 2.19. The van der Waals surface area contributed by atoms with Crippen molar-refractivity contribution in [1.82, 2.24) is 25.6 Å². The Hall–Kier alpha value is -2.94. The van der Waals surface area contributed by atoms with E-state index < -0.39 is 23.4 Å². The summed E-state index contributed by atoms with van der Waals surface area (Å²) < 4.78 is 0. The van der Waals surface area contributed by atoms with E-state index in [1.165, 1.54) is 5.56 Å². The molecule has 1 aromatic carbocycles. The molecule has 2 fully saturated rings. The molecule has 9 nitrogen and oxygen atoms in total. The summed E-state index contributed by atoms with van der Waals surface area (Å²) >= 11 is 0. The lowest BCUT2D eigenvalue weighted by molar-refractivity contribution is -0.139. The molecule has 2 aliphatic rings. The van der Waals surface area contributed by atoms with E-state index in [4.69, 9.17) is 0 Å². The number of hydrogen-bond donors (Lipinski definition) is 2. The molecule has 0 saturated carbocycles. The molecule has 2 aliphatic heterocycles. The Morgan fingerprint density at radius 3 is 2.39 bits per heavy atom. The molecule has 2 heterocycles. The van der Waals surface area contributed by atoms with Crippen molar-refractivity contribution in [2.24, 2.45) is 0 Å². The maximum atomic E-state index is 12.4. The first-order chi connectivity index (χ1) is 14.8. The molecule has 1 unspecified atom stereocenters. The highest BCUT2D eigenvalue weighted by molar-refractivity contribution is 6.07. The predicted octanol–water partition coefficient (Wildman–Crippen LogP) is 0.905. The van der Waals surface area contributed by atoms with Gasteiger partial charge in [-0.05, 0) is 31.7 Å². The lowest BCUT2D eigenvalue weighted by Gasteiger charge is -2.34. The summed E-state index contributed by atoms with van der Waals surface area (Å²) in [6.45, 7) is 5.77. The van der Waals surface area contributed by atoms with Crippen LogP contribution in [0, 0.1) is 0 Å². The number of nitrogens with zero attached hydrogens (tertiary/aromatic N) is 3. The number of hydrazine groups is 1. The van der Waals surface area contributed by atoms with Crippen molar-refractivity contribution >= 4 is 23.8 Å². The Balaban J connectivity index is 1.37. The molecular weight excluding hydrogens is 398 g/mol. The van der Waals surface area contributed by atoms with Crippen LogP contribution in [0.15, 0.2) is 30.3 Å². The van der Waals surface area contributed by atoms with Gasteiger partial charge in [-0.3, -0.25) is 24.7 Å². The molecule has 2 N–H and O–H groups in total. The number of carbonyl (C=O) groups excluding carboxylic acids is 4. The quantitative estimate of drug-likeness (QED) is 0.598. The van der Waals surface area contributed by atoms with Gasteiger partial charge in [0.1, 0.15) is 5.54 Å². The van der Waals surface area contributed by atoms with Crippen LogP contribution in [0.25, 0.3) is 0 Å². The molecule has 0 aliphatic carbocycles. The summed E-state index contributed by atoms with van der Waals surface area (Å²) in [6.07, 6.45) is 2.64. The van der Waals surface area contributed by atoms with Crippen LogP contribution in [-0.4, -0.2) is 76.8 Å². The number of amides is 5. The zero-order chi connectivity index (χ0) is 22.4. The van der Waals surface area contributed by atoms with Crippen LogP contribution in [0.4, 0.5) is 4.79 Å². The molecule has 3 rings (SSSR count). The summed E-state index contributed by atoms with van der Waals surface area (Å²) in [5.41, 5.74) is 2.65. The Labute approximate surface area is 182 Å². The van der Waals surface area contributed by atoms with E-state index in [-0.39, 0.29) is 12.5 Å². The minimum Gasteiger partial charge on any atom is -0.340 e. The molecule has 0 spiro atoms. The van der Waals surface area contributed by atoms with Crippen molar-refractivity contribution in [3.63, 3.8) is 0 Å². The first-order valence-corrected chi connectivity index (χ1v) is 10.8. The minimum absolute atomic E-state index is 0.0654. The monoisotopic (exact) mass is 429 g/mol. The van der Waals surface area contributed by atoms with Gasteiger partial charge in [0.2, 0.25) is 5.91 Å². The molecule has 0 aromatic heterocycles. The summed E-state index contributed by atoms with van der Waals surface area (Å²) in [4.78, 5) is 52.9. The van der Waals surface area contributed by atoms with Gasteiger partial charge in [-0.1, -0.05) is 37.3 Å². The smallest absolute Gasteiger partial charge is 0.340 e. The van der Waals surface area contributed by atoms with Crippen molar-refractivity contribution < 1.29 is 19.2 Å². The SMILES string of the molecule is CCC1(C)NC(=O)N(NC(=O)CN2CCN(C(=O)CCCc3ccccc3)CC2)C1=O. The van der Waals surface area contributed by atoms with Crippen LogP contribution in [-0.2, 0) is 20.8 Å². The van der Waals surface area contributed by atoms with E-state index >= 15 is 0 Å². The zero-order valence-electron chi connectivity index (χ0n) is 18.2. The average Bonchev–Trinajstić information content (AvgIpc) is 2.98. The zero-order valence-corrected chi connectivity index (χ0v) is 18.2. The molecule has 168 valence electrons. The summed E-state index contributed by atoms with van der Waals surface area (Å²) in [5, 5.41) is 3.36. The van der Waals surface area contributed by atoms with Crippen LogP contribution in [0.3, 0.4) is 0 Å². The predicted molar refractivity (Wildman–Crippen MR) is 115 cm³/mol. The number of urea groups is 1. The van der Waals surface area contributed by atoms with Crippen LogP contribution in [0.5, 0.6) is 0 Å². The molecule has 5 amide bonds. The minimum atomic E-state index is -0.989. The molecule has 31 heavy (non-hydrogen) atoms. The largest absolute Gasteiger partial charge is 0.344 e. The summed E-state index contributed by atoms with van der Waals surface area (Å²) in [5.74, 6) is -0.746. The van der Waals surface area contributed by atoms with Crippen molar-refractivity contribution in [3.8, 4) is 0 Å². The maximum Gasteiger partial charge on any atom is 0.344 e. The van der Waals surface area contributed by atoms with E-state index in [1.807, 2.05) is 28.0 Å². The summed E-state index contributed by atoms with van der Waals surface area (Å²) in [6, 6.07) is 9.50. The van der Waals surface area contributed by atoms with E-state index in [1.54, 1.807) is 13.8 Å². The van der Waals surface area contributed by atoms with Gasteiger partial charge in [0.25, 0.3) is 11.8 Å². The lowest BCUT2D eigenvalue weighted by Crippen LogP contribution is -2.54. The first kappa shape index (κ1) is 22.7. The Bertz CT molecular complexity index is 822. The van der Waals surface area contributed by atoms with E-state index in [2.05, 4.69) is 22.9 Å². The third kappa shape index (κ3) is 5.61. The number of carbonyl (C=O) groups is 4. The van der Waals surface area contributed by atoms with Crippen molar-refractivity contribution in [2.75, 3.05) is 32.7 Å². The highest BCUT2D eigenvalue weighted by atomic mass is 16.2. The van der Waals surface area contributed by atoms with Crippen LogP contribution in [0.1, 0.15) is 38.7 Å². The third-order valence-corrected chi connectivity index (χ3v) is 6.00. The van der Waals surface area contributed by atoms with Crippen molar-refractivity contribution in [2.45, 2.75) is 45.1 Å². The highest BCUT2D eigenvalue weighted by Gasteiger charge is 2.47. The van der Waals surface area contributed by atoms with Gasteiger partial charge in [0.05, 0.1) is 6.54 Å². The van der Waals surface area contributed by atoms with Gasteiger partial charge in [-0.25, -0.2) is 4.79 Å². The van der Waals surface area contributed by atoms with E-state index in [9.17, 15) is 19.2 Å². The molecule has 2 saturated heterocycles. The third-order valence-electron chi connectivity index (χ3n) is 6.00. The molecular formula is C22H31N5O4. The van der Waals surface area contributed by atoms with Gasteiger partial charge >= 0.3 is 6.03 Å². The van der Waals surface area contributed by atoms with Gasteiger partial charge in [-0.2, -0.15) is 5.01 Å². The normalized spacial score (nSPS) is 21.9. The van der Waals surface area contributed by atoms with Gasteiger partial charge in [0.15, 0.2) is 0 Å². The van der Waals surface area contributed by atoms with Crippen LogP contribution in [0.2, 0.25) is 0 Å². The fourth-order valence-corrected chi connectivity index (χ4v) is 3.79. The average molecular weight is 430 g/mol. The number of rotatable bonds is 8. The fourth-order valence-electron chi connectivity index (χ4n) is 3.79. The second-order valence-corrected chi connectivity index (χ2v) is 8.29. The Morgan fingerprint density at radius 1 is 1.10 bits per heavy atom. The van der Waals surface area contributed by atoms with Crippen molar-refractivity contribution in [1.29, 1.82) is 0 Å². The lowest BCUT2D eigenvalue weighted by atomic mass is 10.00. The Morgan fingerprint density at radius 2 is 1.77 bits per heavy atom. The molecule has 0 bridgehead atoms. The van der Waals surface area contributed by atoms with Gasteiger partial charge in [0, 0.05) is 32.6 Å².